The fraction of sp³-hybridized carbons (Fsp3) is 0.261. The number of likely N-dealkylation sites (N-methyl/N-ethyl adjacent to an activating group) is 1. The minimum Gasteiger partial charge on any atom is -0.497 e. The van der Waals surface area contributed by atoms with E-state index in [1.54, 1.807) is 13.2 Å². The van der Waals surface area contributed by atoms with Crippen LogP contribution >= 0.6 is 23.1 Å². The number of carbonyl (C=O) groups is 1. The van der Waals surface area contributed by atoms with Gasteiger partial charge in [0, 0.05) is 41.7 Å². The van der Waals surface area contributed by atoms with Crippen molar-refractivity contribution >= 4 is 45.4 Å². The third-order valence-electron chi connectivity index (χ3n) is 5.30. The van der Waals surface area contributed by atoms with Gasteiger partial charge in [-0.05, 0) is 23.8 Å². The molecule has 0 aliphatic carbocycles. The number of nitrogens with zero attached hydrogens (tertiary/aromatic N) is 3. The number of fused-ring (bicyclic) bond motifs is 1. The molecule has 2 heterocycles. The second kappa shape index (κ2) is 8.72. The van der Waals surface area contributed by atoms with Crippen molar-refractivity contribution < 1.29 is 9.53 Å². The number of anilines is 3. The number of aromatic nitrogens is 2. The average molecular weight is 453 g/mol. The first-order chi connectivity index (χ1) is 14.9. The summed E-state index contributed by atoms with van der Waals surface area (Å²) in [7, 11) is 3.65. The Kier molecular flexibility index (Phi) is 6.02. The van der Waals surface area contributed by atoms with Crippen LogP contribution in [0.3, 0.4) is 0 Å². The van der Waals surface area contributed by atoms with Gasteiger partial charge in [-0.25, -0.2) is 0 Å². The smallest absolute Gasteiger partial charge is 0.210 e. The van der Waals surface area contributed by atoms with E-state index in [1.165, 1.54) is 28.7 Å². The molecule has 4 rings (SSSR count). The summed E-state index contributed by atoms with van der Waals surface area (Å²) >= 11 is 2.83. The number of hydrogen-bond donors (Lipinski definition) is 1. The molecule has 2 aromatic carbocycles. The quantitative estimate of drug-likeness (QED) is 0.387. The molecule has 0 saturated heterocycles. The van der Waals surface area contributed by atoms with Crippen LogP contribution in [0, 0.1) is 0 Å². The number of carbonyl (C=O) groups excluding carboxylic acids is 1. The Hall–Kier alpha value is -2.84. The molecular formula is C23H24N4O2S2. The third-order valence-corrected chi connectivity index (χ3v) is 7.30. The third kappa shape index (κ3) is 4.45. The van der Waals surface area contributed by atoms with Crippen molar-refractivity contribution in [1.82, 2.24) is 10.2 Å². The maximum atomic E-state index is 12.7. The molecule has 1 N–H and O–H groups in total. The summed E-state index contributed by atoms with van der Waals surface area (Å²) < 4.78 is 5.99. The number of ketones is 1. The molecule has 160 valence electrons. The number of para-hydroxylation sites is 1. The summed E-state index contributed by atoms with van der Waals surface area (Å²) in [6, 6.07) is 15.9. The molecule has 0 bridgehead atoms. The Balaban J connectivity index is 1.40. The molecule has 6 nitrogen and oxygen atoms in total. The highest BCUT2D eigenvalue weighted by molar-refractivity contribution is 8.01. The van der Waals surface area contributed by atoms with E-state index >= 15 is 0 Å². The molecule has 1 aliphatic heterocycles. The molecule has 0 radical (unpaired) electrons. The van der Waals surface area contributed by atoms with Crippen molar-refractivity contribution in [2.45, 2.75) is 23.6 Å². The normalized spacial score (nSPS) is 15.7. The van der Waals surface area contributed by atoms with E-state index in [1.807, 2.05) is 43.4 Å². The largest absolute Gasteiger partial charge is 0.497 e. The van der Waals surface area contributed by atoms with Gasteiger partial charge in [0.2, 0.25) is 5.13 Å². The molecule has 1 aliphatic rings. The van der Waals surface area contributed by atoms with E-state index in [4.69, 9.17) is 4.74 Å². The van der Waals surface area contributed by atoms with Crippen LogP contribution in [0.15, 0.2) is 64.6 Å². The Morgan fingerprint density at radius 1 is 1.23 bits per heavy atom. The lowest BCUT2D eigenvalue weighted by atomic mass is 9.83. The van der Waals surface area contributed by atoms with Crippen LogP contribution in [0.2, 0.25) is 0 Å². The van der Waals surface area contributed by atoms with Crippen LogP contribution in [-0.4, -0.2) is 35.9 Å². The first kappa shape index (κ1) is 21.4. The lowest BCUT2D eigenvalue weighted by Crippen LogP contribution is -2.24. The minimum atomic E-state index is -0.206. The summed E-state index contributed by atoms with van der Waals surface area (Å²) in [5.41, 5.74) is 4.07. The van der Waals surface area contributed by atoms with Crippen molar-refractivity contribution in [2.75, 3.05) is 30.1 Å². The fourth-order valence-electron chi connectivity index (χ4n) is 3.73. The van der Waals surface area contributed by atoms with Gasteiger partial charge in [0.1, 0.15) is 5.75 Å². The SMILES string of the molecule is COc1cccc(Nc2nnc(SCC(=O)C=C3N(C)c4ccccc4C3(C)C)s2)c1. The van der Waals surface area contributed by atoms with Gasteiger partial charge in [0.15, 0.2) is 10.1 Å². The topological polar surface area (TPSA) is 67.3 Å². The highest BCUT2D eigenvalue weighted by atomic mass is 32.2. The van der Waals surface area contributed by atoms with Crippen molar-refractivity contribution in [3.8, 4) is 5.75 Å². The highest BCUT2D eigenvalue weighted by Gasteiger charge is 2.38. The maximum absolute atomic E-state index is 12.7. The molecule has 8 heteroatoms. The summed E-state index contributed by atoms with van der Waals surface area (Å²) in [6.07, 6.45) is 1.77. The van der Waals surface area contributed by atoms with Crippen LogP contribution < -0.4 is 15.0 Å². The predicted molar refractivity (Wildman–Crippen MR) is 128 cm³/mol. The van der Waals surface area contributed by atoms with Crippen LogP contribution in [0.4, 0.5) is 16.5 Å². The number of ether oxygens (including phenoxy) is 1. The zero-order valence-corrected chi connectivity index (χ0v) is 19.5. The van der Waals surface area contributed by atoms with Gasteiger partial charge in [-0.15, -0.1) is 10.2 Å². The molecule has 0 atom stereocenters. The molecular weight excluding hydrogens is 428 g/mol. The van der Waals surface area contributed by atoms with E-state index in [2.05, 4.69) is 46.4 Å². The lowest BCUT2D eigenvalue weighted by molar-refractivity contribution is -0.112. The molecule has 0 unspecified atom stereocenters. The predicted octanol–water partition coefficient (Wildman–Crippen LogP) is 5.26. The van der Waals surface area contributed by atoms with E-state index in [0.717, 1.165) is 27.2 Å². The van der Waals surface area contributed by atoms with Gasteiger partial charge in [-0.2, -0.15) is 0 Å². The summed E-state index contributed by atoms with van der Waals surface area (Å²) in [5.74, 6) is 1.15. The van der Waals surface area contributed by atoms with E-state index in [0.29, 0.717) is 10.9 Å². The van der Waals surface area contributed by atoms with Crippen LogP contribution in [0.25, 0.3) is 0 Å². The second-order valence-electron chi connectivity index (χ2n) is 7.72. The molecule has 1 aromatic heterocycles. The second-order valence-corrected chi connectivity index (χ2v) is 9.92. The van der Waals surface area contributed by atoms with Gasteiger partial charge in [0.25, 0.3) is 0 Å². The van der Waals surface area contributed by atoms with Crippen LogP contribution in [-0.2, 0) is 10.2 Å². The Labute approximate surface area is 190 Å². The van der Waals surface area contributed by atoms with E-state index < -0.39 is 0 Å². The number of rotatable bonds is 7. The fourth-order valence-corrected chi connectivity index (χ4v) is 5.32. The zero-order valence-electron chi connectivity index (χ0n) is 17.9. The maximum Gasteiger partial charge on any atom is 0.210 e. The molecule has 0 saturated carbocycles. The van der Waals surface area contributed by atoms with Gasteiger partial charge < -0.3 is 15.0 Å². The van der Waals surface area contributed by atoms with Crippen molar-refractivity contribution in [1.29, 1.82) is 0 Å². The Morgan fingerprint density at radius 3 is 2.81 bits per heavy atom. The molecule has 31 heavy (non-hydrogen) atoms. The van der Waals surface area contributed by atoms with Crippen molar-refractivity contribution in [2.24, 2.45) is 0 Å². The number of thioether (sulfide) groups is 1. The number of hydrogen-bond acceptors (Lipinski definition) is 8. The molecule has 0 spiro atoms. The lowest BCUT2D eigenvalue weighted by Gasteiger charge is -2.23. The Bertz CT molecular complexity index is 1140. The number of allylic oxidation sites excluding steroid dienone is 2. The number of nitrogens with one attached hydrogen (secondary N) is 1. The summed E-state index contributed by atoms with van der Waals surface area (Å²) in [5, 5.41) is 12.3. The standard InChI is InChI=1S/C23H24N4O2S2/c1-23(2)18-10-5-6-11-19(18)27(3)20(23)13-16(28)14-30-22-26-25-21(31-22)24-15-8-7-9-17(12-15)29-4/h5-13H,14H2,1-4H3,(H,24,25). The van der Waals surface area contributed by atoms with E-state index in [9.17, 15) is 4.79 Å². The van der Waals surface area contributed by atoms with Gasteiger partial charge in [-0.1, -0.05) is 61.2 Å². The molecule has 0 fully saturated rings. The highest BCUT2D eigenvalue weighted by Crippen LogP contribution is 2.46. The number of methoxy groups -OCH3 is 1. The average Bonchev–Trinajstić information content (AvgIpc) is 3.29. The van der Waals surface area contributed by atoms with Crippen molar-refractivity contribution in [3.63, 3.8) is 0 Å². The summed E-state index contributed by atoms with van der Waals surface area (Å²) in [6.45, 7) is 4.31. The van der Waals surface area contributed by atoms with Crippen LogP contribution in [0.1, 0.15) is 19.4 Å². The monoisotopic (exact) mass is 452 g/mol. The van der Waals surface area contributed by atoms with Crippen LogP contribution in [0.5, 0.6) is 5.75 Å². The molecule has 0 amide bonds. The molecule has 3 aromatic rings. The minimum absolute atomic E-state index is 0.0604. The van der Waals surface area contributed by atoms with Gasteiger partial charge in [-0.3, -0.25) is 4.79 Å². The van der Waals surface area contributed by atoms with Gasteiger partial charge in [0.05, 0.1) is 12.9 Å². The summed E-state index contributed by atoms with van der Waals surface area (Å²) in [4.78, 5) is 14.8. The Morgan fingerprint density at radius 2 is 2.03 bits per heavy atom. The number of benzene rings is 2. The first-order valence-corrected chi connectivity index (χ1v) is 11.6. The van der Waals surface area contributed by atoms with Crippen molar-refractivity contribution in [3.05, 3.63) is 65.9 Å². The van der Waals surface area contributed by atoms with Gasteiger partial charge >= 0.3 is 0 Å². The van der Waals surface area contributed by atoms with E-state index in [-0.39, 0.29) is 11.2 Å². The zero-order chi connectivity index (χ0) is 22.0. The first-order valence-electron chi connectivity index (χ1n) is 9.84.